The van der Waals surface area contributed by atoms with E-state index < -0.39 is 15.6 Å². The molecule has 4 rings (SSSR count). The molecule has 0 bridgehead atoms. The van der Waals surface area contributed by atoms with Crippen LogP contribution in [0, 0.1) is 5.92 Å². The lowest BCUT2D eigenvalue weighted by Crippen LogP contribution is -2.49. The van der Waals surface area contributed by atoms with E-state index in [0.29, 0.717) is 24.3 Å². The van der Waals surface area contributed by atoms with Gasteiger partial charge in [-0.1, -0.05) is 18.2 Å². The third kappa shape index (κ3) is 5.47. The van der Waals surface area contributed by atoms with Gasteiger partial charge in [0, 0.05) is 31.6 Å². The van der Waals surface area contributed by atoms with Crippen molar-refractivity contribution in [2.45, 2.75) is 30.9 Å². The van der Waals surface area contributed by atoms with Gasteiger partial charge in [0.25, 0.3) is 0 Å². The van der Waals surface area contributed by atoms with Gasteiger partial charge in [0.05, 0.1) is 12.7 Å². The Morgan fingerprint density at radius 1 is 1.09 bits per heavy atom. The summed E-state index contributed by atoms with van der Waals surface area (Å²) in [4.78, 5) is 2.14. The molecule has 0 spiro atoms. The van der Waals surface area contributed by atoms with Crippen LogP contribution in [0.25, 0.3) is 0 Å². The van der Waals surface area contributed by atoms with E-state index in [-0.39, 0.29) is 30.4 Å². The van der Waals surface area contributed by atoms with Gasteiger partial charge in [-0.3, -0.25) is 9.29 Å². The zero-order valence-corrected chi connectivity index (χ0v) is 19.3. The van der Waals surface area contributed by atoms with Crippen LogP contribution in [-0.2, 0) is 16.5 Å². The van der Waals surface area contributed by atoms with Gasteiger partial charge in [-0.15, -0.1) is 0 Å². The Bertz CT molecular complexity index is 1100. The first-order valence-corrected chi connectivity index (χ1v) is 12.4. The topological polar surface area (TPSA) is 67.9 Å². The molecule has 1 saturated heterocycles. The molecule has 0 saturated carbocycles. The number of fused-ring (bicyclic) bond motifs is 1. The number of nitrogens with one attached hydrogen (secondary N) is 1. The molecule has 34 heavy (non-hydrogen) atoms. The Balaban J connectivity index is 1.43. The van der Waals surface area contributed by atoms with Crippen molar-refractivity contribution in [2.24, 2.45) is 5.92 Å². The highest BCUT2D eigenvalue weighted by Crippen LogP contribution is 2.35. The van der Waals surface area contributed by atoms with Crippen molar-refractivity contribution in [1.29, 1.82) is 0 Å². The quantitative estimate of drug-likeness (QED) is 0.336. The minimum Gasteiger partial charge on any atom is -0.492 e. The summed E-state index contributed by atoms with van der Waals surface area (Å²) in [5.41, 5.74) is -3.00. The molecule has 0 radical (unpaired) electrons. The van der Waals surface area contributed by atoms with Crippen LogP contribution >= 0.6 is 0 Å². The zero-order valence-electron chi connectivity index (χ0n) is 18.5. The minimum atomic E-state index is -5.73. The van der Waals surface area contributed by atoms with Crippen LogP contribution in [0.4, 0.5) is 17.6 Å². The van der Waals surface area contributed by atoms with Gasteiger partial charge in [0.2, 0.25) is 0 Å². The second-order valence-electron chi connectivity index (χ2n) is 8.75. The van der Waals surface area contributed by atoms with Crippen molar-refractivity contribution >= 4 is 10.1 Å². The molecule has 2 heterocycles. The lowest BCUT2D eigenvalue weighted by atomic mass is 9.87. The van der Waals surface area contributed by atoms with Gasteiger partial charge in [-0.2, -0.15) is 21.6 Å². The summed E-state index contributed by atoms with van der Waals surface area (Å²) in [6, 6.07) is 11.5. The number of alkyl halides is 4. The number of rotatable bonds is 8. The highest BCUT2D eigenvalue weighted by atomic mass is 32.2. The Kier molecular flexibility index (Phi) is 7.07. The summed E-state index contributed by atoms with van der Waals surface area (Å²) in [7, 11) is -5.73. The Morgan fingerprint density at radius 3 is 2.41 bits per heavy atom. The van der Waals surface area contributed by atoms with Crippen LogP contribution < -0.4 is 14.2 Å². The van der Waals surface area contributed by atoms with E-state index in [1.807, 2.05) is 31.2 Å². The predicted molar refractivity (Wildman–Crippen MR) is 118 cm³/mol. The van der Waals surface area contributed by atoms with Gasteiger partial charge in [0.1, 0.15) is 18.1 Å². The second kappa shape index (κ2) is 9.71. The first kappa shape index (κ1) is 24.7. The number of likely N-dealkylation sites (tertiary alicyclic amines) is 1. The maximum absolute atomic E-state index is 12.7. The van der Waals surface area contributed by atoms with Crippen molar-refractivity contribution in [3.63, 3.8) is 0 Å². The van der Waals surface area contributed by atoms with E-state index in [0.717, 1.165) is 30.8 Å². The van der Waals surface area contributed by atoms with Crippen LogP contribution in [0.2, 0.25) is 0 Å². The first-order chi connectivity index (χ1) is 16.1. The van der Waals surface area contributed by atoms with E-state index >= 15 is 0 Å². The number of nitrogens with zero attached hydrogens (tertiary/aromatic N) is 1. The molecule has 2 aliphatic rings. The predicted octanol–water partition coefficient (Wildman–Crippen LogP) is 3.82. The molecule has 0 aliphatic carbocycles. The van der Waals surface area contributed by atoms with Crippen molar-refractivity contribution in [1.82, 2.24) is 10.2 Å². The van der Waals surface area contributed by atoms with Crippen LogP contribution in [0.3, 0.4) is 0 Å². The molecule has 2 atom stereocenters. The number of benzene rings is 2. The molecule has 2 aromatic carbocycles. The Hall–Kier alpha value is -2.37. The molecule has 1 fully saturated rings. The highest BCUT2D eigenvalue weighted by molar-refractivity contribution is 7.88. The molecule has 1 N–H and O–H groups in total. The SMILES string of the molecule is CC1Cc2cc(OS(=O)(=O)C(F)(F)F)ccc2C(c2ccc(OCCN3CC(CF)C3)cc2)N1. The molecule has 0 amide bonds. The molecule has 186 valence electrons. The van der Waals surface area contributed by atoms with E-state index in [1.54, 1.807) is 6.07 Å². The van der Waals surface area contributed by atoms with Gasteiger partial charge in [0.15, 0.2) is 0 Å². The number of ether oxygens (including phenoxy) is 1. The Labute approximate surface area is 196 Å². The molecule has 6 nitrogen and oxygen atoms in total. The molecule has 2 aliphatic heterocycles. The summed E-state index contributed by atoms with van der Waals surface area (Å²) in [5.74, 6) is 0.480. The van der Waals surface area contributed by atoms with Crippen molar-refractivity contribution in [2.75, 3.05) is 32.9 Å². The smallest absolute Gasteiger partial charge is 0.492 e. The average Bonchev–Trinajstić information content (AvgIpc) is 2.74. The third-order valence-corrected chi connectivity index (χ3v) is 7.01. The first-order valence-electron chi connectivity index (χ1n) is 11.0. The van der Waals surface area contributed by atoms with Crippen LogP contribution in [0.15, 0.2) is 42.5 Å². The fourth-order valence-electron chi connectivity index (χ4n) is 4.31. The van der Waals surface area contributed by atoms with E-state index in [1.165, 1.54) is 12.1 Å². The maximum atomic E-state index is 12.7. The van der Waals surface area contributed by atoms with Gasteiger partial charge in [-0.25, -0.2) is 0 Å². The van der Waals surface area contributed by atoms with E-state index in [9.17, 15) is 26.0 Å². The largest absolute Gasteiger partial charge is 0.534 e. The minimum absolute atomic E-state index is 0.00701. The van der Waals surface area contributed by atoms with E-state index in [2.05, 4.69) is 14.4 Å². The molecule has 0 aromatic heterocycles. The zero-order chi connectivity index (χ0) is 24.5. The van der Waals surface area contributed by atoms with Crippen molar-refractivity contribution < 1.29 is 34.9 Å². The van der Waals surface area contributed by atoms with Crippen LogP contribution in [-0.4, -0.2) is 57.8 Å². The third-order valence-electron chi connectivity index (χ3n) is 6.03. The average molecular weight is 503 g/mol. The molecule has 11 heteroatoms. The number of halogens is 4. The maximum Gasteiger partial charge on any atom is 0.534 e. The van der Waals surface area contributed by atoms with Gasteiger partial charge >= 0.3 is 15.6 Å². The summed E-state index contributed by atoms with van der Waals surface area (Å²) < 4.78 is 83.2. The van der Waals surface area contributed by atoms with E-state index in [4.69, 9.17) is 4.74 Å². The molecule has 2 unspecified atom stereocenters. The fraction of sp³-hybridized carbons (Fsp3) is 0.478. The van der Waals surface area contributed by atoms with Crippen LogP contribution in [0.1, 0.15) is 29.7 Å². The molecular weight excluding hydrogens is 476 g/mol. The molecular formula is C23H26F4N2O4S. The fourth-order valence-corrected chi connectivity index (χ4v) is 4.76. The summed E-state index contributed by atoms with van der Waals surface area (Å²) in [6.45, 7) is 4.43. The van der Waals surface area contributed by atoms with Crippen molar-refractivity contribution in [3.05, 3.63) is 59.2 Å². The monoisotopic (exact) mass is 502 g/mol. The van der Waals surface area contributed by atoms with Gasteiger partial charge < -0.3 is 14.2 Å². The lowest BCUT2D eigenvalue weighted by Gasteiger charge is -2.37. The Morgan fingerprint density at radius 2 is 1.76 bits per heavy atom. The second-order valence-corrected chi connectivity index (χ2v) is 10.3. The number of hydrogen-bond donors (Lipinski definition) is 1. The summed E-state index contributed by atoms with van der Waals surface area (Å²) in [5, 5.41) is 3.47. The summed E-state index contributed by atoms with van der Waals surface area (Å²) >= 11 is 0. The normalized spacial score (nSPS) is 21.6. The summed E-state index contributed by atoms with van der Waals surface area (Å²) in [6.07, 6.45) is 0.510. The highest BCUT2D eigenvalue weighted by Gasteiger charge is 2.48. The van der Waals surface area contributed by atoms with Crippen molar-refractivity contribution in [3.8, 4) is 11.5 Å². The standard InChI is InChI=1S/C23H26F4N2O4S/c1-15-10-18-11-20(33-34(30,31)23(25,26)27)6-7-21(18)22(28-15)17-2-4-19(5-3-17)32-9-8-29-13-16(12-24)14-29/h2-7,11,15-16,22,28H,8-10,12-14H2,1H3. The van der Waals surface area contributed by atoms with Gasteiger partial charge in [-0.05, 0) is 54.3 Å². The number of hydrogen-bond acceptors (Lipinski definition) is 6. The van der Waals surface area contributed by atoms with Crippen LogP contribution in [0.5, 0.6) is 11.5 Å². The molecule has 2 aromatic rings. The lowest BCUT2D eigenvalue weighted by molar-refractivity contribution is -0.0500.